The summed E-state index contributed by atoms with van der Waals surface area (Å²) in [4.78, 5) is 0. The van der Waals surface area contributed by atoms with Gasteiger partial charge in [0.1, 0.15) is 0 Å². The number of hydrogen-bond donors (Lipinski definition) is 0. The van der Waals surface area contributed by atoms with Crippen LogP contribution in [-0.2, 0) is 0 Å². The van der Waals surface area contributed by atoms with Crippen molar-refractivity contribution in [3.05, 3.63) is 41.3 Å². The summed E-state index contributed by atoms with van der Waals surface area (Å²) >= 11 is 0. The Balaban J connectivity index is 0.00000196. The fraction of sp³-hybridized carbons (Fsp3) is 0.500. The zero-order chi connectivity index (χ0) is 10.7. The molecule has 1 rings (SSSR count). The van der Waals surface area contributed by atoms with Gasteiger partial charge in [-0.3, -0.25) is 0 Å². The van der Waals surface area contributed by atoms with E-state index < -0.39 is 0 Å². The van der Waals surface area contributed by atoms with Crippen molar-refractivity contribution in [2.75, 3.05) is 0 Å². The smallest absolute Gasteiger partial charge is 0 e. The molecule has 0 aliphatic heterocycles. The Bertz CT molecular complexity index is 274. The van der Waals surface area contributed by atoms with Crippen LogP contribution in [0.4, 0.5) is 0 Å². The first kappa shape index (κ1) is 15.1. The molecule has 0 radical (unpaired) electrons. The normalized spacial score (nSPS) is 10.3. The molecule has 0 aliphatic carbocycles. The van der Waals surface area contributed by atoms with Crippen molar-refractivity contribution in [2.45, 2.75) is 46.5 Å². The second kappa shape index (κ2) is 6.61. The van der Waals surface area contributed by atoms with Crippen LogP contribution in [0.2, 0.25) is 0 Å². The minimum Gasteiger partial charge on any atom is -0.192 e. The van der Waals surface area contributed by atoms with E-state index in [0.717, 1.165) is 0 Å². The van der Waals surface area contributed by atoms with Gasteiger partial charge in [-0.2, -0.15) is 24.1 Å². The van der Waals surface area contributed by atoms with E-state index >= 15 is 0 Å². The number of rotatable bonds is 3. The van der Waals surface area contributed by atoms with E-state index in [1.807, 2.05) is 0 Å². The summed E-state index contributed by atoms with van der Waals surface area (Å²) in [6, 6.07) is 6.91. The molecule has 1 heteroatoms. The van der Waals surface area contributed by atoms with Crippen LogP contribution in [0.25, 0.3) is 0 Å². The summed E-state index contributed by atoms with van der Waals surface area (Å²) in [7, 11) is 0. The molecule has 15 heavy (non-hydrogen) atoms. The number of hydrogen-bond acceptors (Lipinski definition) is 0. The maximum atomic E-state index is 2.34. The van der Waals surface area contributed by atoms with Crippen LogP contribution in [0.5, 0.6) is 0 Å². The molecule has 1 aromatic carbocycles. The molecule has 0 unspecified atom stereocenters. The van der Waals surface area contributed by atoms with Crippen LogP contribution in [0, 0.1) is 35.6 Å². The zero-order valence-electron chi connectivity index (χ0n) is 10.4. The maximum absolute atomic E-state index is 2.34. The molecule has 0 aliphatic rings. The van der Waals surface area contributed by atoms with E-state index in [2.05, 4.69) is 59.2 Å². The predicted octanol–water partition coefficient (Wildman–Crippen LogP) is 4.51. The Morgan fingerprint density at radius 1 is 0.867 bits per heavy atom. The third-order valence-corrected chi connectivity index (χ3v) is 2.67. The van der Waals surface area contributed by atoms with E-state index in [-0.39, 0.29) is 29.2 Å². The van der Waals surface area contributed by atoms with E-state index in [9.17, 15) is 0 Å². The summed E-state index contributed by atoms with van der Waals surface area (Å²) in [6.07, 6.45) is 2.18. The Morgan fingerprint density at radius 2 is 1.27 bits per heavy atom. The average Bonchev–Trinajstić information content (AvgIpc) is 2.16. The molecule has 0 bridgehead atoms. The van der Waals surface area contributed by atoms with Gasteiger partial charge in [0, 0.05) is 29.2 Å². The fourth-order valence-corrected chi connectivity index (χ4v) is 1.54. The predicted molar refractivity (Wildman–Crippen MR) is 63.7 cm³/mol. The molecule has 1 aromatic rings. The van der Waals surface area contributed by atoms with Gasteiger partial charge in [-0.1, -0.05) is 40.7 Å². The Morgan fingerprint density at radius 3 is 1.53 bits per heavy atom. The Kier molecular flexibility index (Phi) is 6.65. The van der Waals surface area contributed by atoms with Gasteiger partial charge in [-0.05, 0) is 11.8 Å². The van der Waals surface area contributed by atoms with E-state index in [1.165, 1.54) is 16.7 Å². The largest absolute Gasteiger partial charge is 0.192 e. The molecule has 0 atom stereocenters. The SMILES string of the molecule is C[CH-]c1cc(C(C)C)cc(C(C)C)c1.[Pu]. The quantitative estimate of drug-likeness (QED) is 0.616. The van der Waals surface area contributed by atoms with Crippen molar-refractivity contribution in [3.63, 3.8) is 0 Å². The van der Waals surface area contributed by atoms with E-state index in [4.69, 9.17) is 0 Å². The third kappa shape index (κ3) is 4.21. The van der Waals surface area contributed by atoms with Crippen molar-refractivity contribution in [1.82, 2.24) is 0 Å². The van der Waals surface area contributed by atoms with Gasteiger partial charge in [0.2, 0.25) is 0 Å². The summed E-state index contributed by atoms with van der Waals surface area (Å²) < 4.78 is 0. The maximum Gasteiger partial charge on any atom is 0 e. The van der Waals surface area contributed by atoms with Crippen LogP contribution >= 0.6 is 0 Å². The van der Waals surface area contributed by atoms with Crippen LogP contribution in [-0.4, -0.2) is 0 Å². The molecular weight excluding hydrogens is 412 g/mol. The first-order valence-electron chi connectivity index (χ1n) is 5.48. The van der Waals surface area contributed by atoms with Crippen LogP contribution < -0.4 is 0 Å². The summed E-state index contributed by atoms with van der Waals surface area (Å²) in [5.74, 6) is 1.24. The molecule has 0 amide bonds. The van der Waals surface area contributed by atoms with Gasteiger partial charge < -0.3 is 0 Å². The Labute approximate surface area is 116 Å². The van der Waals surface area contributed by atoms with E-state index in [0.29, 0.717) is 11.8 Å². The molecule has 0 saturated heterocycles. The summed E-state index contributed by atoms with van der Waals surface area (Å²) in [6.45, 7) is 11.1. The van der Waals surface area contributed by atoms with Crippen molar-refractivity contribution in [3.8, 4) is 0 Å². The molecule has 0 spiro atoms. The van der Waals surface area contributed by atoms with Crippen molar-refractivity contribution < 1.29 is 29.2 Å². The van der Waals surface area contributed by atoms with Gasteiger partial charge in [-0.15, -0.1) is 11.1 Å². The molecule has 0 saturated carbocycles. The van der Waals surface area contributed by atoms with Gasteiger partial charge in [0.25, 0.3) is 0 Å². The summed E-state index contributed by atoms with van der Waals surface area (Å²) in [5, 5.41) is 0. The first-order chi connectivity index (χ1) is 6.54. The second-order valence-electron chi connectivity index (χ2n) is 4.53. The van der Waals surface area contributed by atoms with Gasteiger partial charge >= 0.3 is 0 Å². The Hall–Kier alpha value is 0.0770. The summed E-state index contributed by atoms with van der Waals surface area (Å²) in [5.41, 5.74) is 4.24. The molecule has 0 N–H and O–H groups in total. The van der Waals surface area contributed by atoms with Crippen LogP contribution in [0.15, 0.2) is 18.2 Å². The molecule has 0 nitrogen and oxygen atoms in total. The van der Waals surface area contributed by atoms with E-state index in [1.54, 1.807) is 0 Å². The average molecular weight is 433 g/mol. The first-order valence-corrected chi connectivity index (χ1v) is 5.48. The monoisotopic (exact) mass is 427 g/mol. The fourth-order valence-electron chi connectivity index (χ4n) is 1.54. The second-order valence-corrected chi connectivity index (χ2v) is 4.53. The molecule has 84 valence electrons. The van der Waals surface area contributed by atoms with Crippen molar-refractivity contribution >= 4 is 0 Å². The third-order valence-electron chi connectivity index (χ3n) is 2.67. The molecule has 0 heterocycles. The standard InChI is InChI=1S/C14H21.Pu/c1-6-12-7-13(10(2)3)9-14(8-12)11(4)5;/h6-11H,1-5H3;/q-1;. The minimum atomic E-state index is 0. The van der Waals surface area contributed by atoms with Gasteiger partial charge in [0.05, 0.1) is 0 Å². The molecule has 0 fully saturated rings. The molecular formula is C14H21Pu-. The van der Waals surface area contributed by atoms with Gasteiger partial charge in [0.15, 0.2) is 0 Å². The number of benzene rings is 1. The van der Waals surface area contributed by atoms with Gasteiger partial charge in [-0.25, -0.2) is 0 Å². The minimum absolute atomic E-state index is 0. The van der Waals surface area contributed by atoms with Crippen LogP contribution in [0.3, 0.4) is 0 Å². The van der Waals surface area contributed by atoms with Crippen molar-refractivity contribution in [2.24, 2.45) is 0 Å². The topological polar surface area (TPSA) is 0 Å². The molecule has 0 aromatic heterocycles. The van der Waals surface area contributed by atoms with Crippen molar-refractivity contribution in [1.29, 1.82) is 0 Å². The zero-order valence-corrected chi connectivity index (χ0v) is 13.8. The van der Waals surface area contributed by atoms with Crippen LogP contribution in [0.1, 0.15) is 63.1 Å².